The van der Waals surface area contributed by atoms with E-state index >= 15 is 0 Å². The van der Waals surface area contributed by atoms with Crippen molar-refractivity contribution in [2.24, 2.45) is 0 Å². The van der Waals surface area contributed by atoms with Crippen LogP contribution in [0.4, 0.5) is 0 Å². The summed E-state index contributed by atoms with van der Waals surface area (Å²) in [5.74, 6) is 0.817. The quantitative estimate of drug-likeness (QED) is 0.802. The van der Waals surface area contributed by atoms with Gasteiger partial charge in [0.1, 0.15) is 0 Å². The number of hydrogen-bond donors (Lipinski definition) is 1. The summed E-state index contributed by atoms with van der Waals surface area (Å²) in [5.41, 5.74) is 0.963. The standard InChI is InChI=1S/C12H17N5O/c1-13-10(9-18-2)8-12-14-15-16-17(12)11-6-4-3-5-7-11/h3-7,10,13H,8-9H2,1-2H3. The van der Waals surface area contributed by atoms with Crippen LogP contribution in [0.1, 0.15) is 5.82 Å². The summed E-state index contributed by atoms with van der Waals surface area (Å²) >= 11 is 0. The van der Waals surface area contributed by atoms with Crippen LogP contribution in [0.3, 0.4) is 0 Å². The maximum atomic E-state index is 5.15. The number of hydrogen-bond acceptors (Lipinski definition) is 5. The number of aromatic nitrogens is 4. The van der Waals surface area contributed by atoms with E-state index in [4.69, 9.17) is 4.74 Å². The van der Waals surface area contributed by atoms with Crippen molar-refractivity contribution in [2.45, 2.75) is 12.5 Å². The third-order valence-corrected chi connectivity index (χ3v) is 2.74. The van der Waals surface area contributed by atoms with Crippen LogP contribution in [0, 0.1) is 0 Å². The predicted molar refractivity (Wildman–Crippen MR) is 67.6 cm³/mol. The minimum atomic E-state index is 0.198. The molecule has 0 fully saturated rings. The van der Waals surface area contributed by atoms with E-state index in [1.54, 1.807) is 11.8 Å². The Hall–Kier alpha value is -1.79. The van der Waals surface area contributed by atoms with Gasteiger partial charge in [-0.05, 0) is 29.6 Å². The number of methoxy groups -OCH3 is 1. The molecule has 0 saturated heterocycles. The number of nitrogens with one attached hydrogen (secondary N) is 1. The molecule has 1 aromatic carbocycles. The number of tetrazole rings is 1. The molecule has 1 heterocycles. The van der Waals surface area contributed by atoms with Gasteiger partial charge < -0.3 is 10.1 Å². The second kappa shape index (κ2) is 6.23. The first-order chi connectivity index (χ1) is 8.85. The van der Waals surface area contributed by atoms with E-state index in [0.717, 1.165) is 11.5 Å². The number of nitrogens with zero attached hydrogens (tertiary/aromatic N) is 4. The Morgan fingerprint density at radius 1 is 1.33 bits per heavy atom. The van der Waals surface area contributed by atoms with Crippen LogP contribution in [0.5, 0.6) is 0 Å². The fourth-order valence-corrected chi connectivity index (χ4v) is 1.77. The second-order valence-corrected chi connectivity index (χ2v) is 3.99. The molecule has 1 atom stereocenters. The van der Waals surface area contributed by atoms with E-state index in [1.165, 1.54) is 0 Å². The molecule has 0 aliphatic carbocycles. The molecule has 18 heavy (non-hydrogen) atoms. The molecule has 0 spiro atoms. The summed E-state index contributed by atoms with van der Waals surface area (Å²) in [6.45, 7) is 0.623. The highest BCUT2D eigenvalue weighted by Crippen LogP contribution is 2.08. The molecule has 0 amide bonds. The van der Waals surface area contributed by atoms with Gasteiger partial charge in [-0.1, -0.05) is 18.2 Å². The van der Waals surface area contributed by atoms with E-state index in [-0.39, 0.29) is 6.04 Å². The molecular weight excluding hydrogens is 230 g/mol. The van der Waals surface area contributed by atoms with Crippen LogP contribution in [-0.2, 0) is 11.2 Å². The Labute approximate surface area is 106 Å². The summed E-state index contributed by atoms with van der Waals surface area (Å²) in [5, 5.41) is 15.0. The molecule has 2 rings (SSSR count). The summed E-state index contributed by atoms with van der Waals surface area (Å²) in [6, 6.07) is 10.0. The molecule has 6 heteroatoms. The zero-order valence-electron chi connectivity index (χ0n) is 10.6. The molecule has 1 unspecified atom stereocenters. The van der Waals surface area contributed by atoms with Crippen LogP contribution in [0.25, 0.3) is 5.69 Å². The minimum Gasteiger partial charge on any atom is -0.383 e. The van der Waals surface area contributed by atoms with Crippen LogP contribution < -0.4 is 5.32 Å². The van der Waals surface area contributed by atoms with Crippen molar-refractivity contribution in [3.63, 3.8) is 0 Å². The molecule has 2 aromatic rings. The maximum Gasteiger partial charge on any atom is 0.158 e. The second-order valence-electron chi connectivity index (χ2n) is 3.99. The molecule has 0 bridgehead atoms. The van der Waals surface area contributed by atoms with Gasteiger partial charge in [-0.25, -0.2) is 0 Å². The Balaban J connectivity index is 2.18. The molecule has 0 radical (unpaired) electrons. The van der Waals surface area contributed by atoms with E-state index in [2.05, 4.69) is 20.8 Å². The number of benzene rings is 1. The predicted octanol–water partition coefficient (Wildman–Crippen LogP) is 0.439. The van der Waals surface area contributed by atoms with Gasteiger partial charge in [0.25, 0.3) is 0 Å². The molecule has 1 aromatic heterocycles. The largest absolute Gasteiger partial charge is 0.383 e. The maximum absolute atomic E-state index is 5.15. The Kier molecular flexibility index (Phi) is 4.38. The first kappa shape index (κ1) is 12.7. The van der Waals surface area contributed by atoms with Gasteiger partial charge in [-0.2, -0.15) is 4.68 Å². The number of ether oxygens (including phenoxy) is 1. The van der Waals surface area contributed by atoms with Gasteiger partial charge in [-0.3, -0.25) is 0 Å². The van der Waals surface area contributed by atoms with Gasteiger partial charge in [0.15, 0.2) is 5.82 Å². The number of para-hydroxylation sites is 1. The van der Waals surface area contributed by atoms with Gasteiger partial charge in [0, 0.05) is 19.6 Å². The molecule has 1 N–H and O–H groups in total. The zero-order chi connectivity index (χ0) is 12.8. The number of likely N-dealkylation sites (N-methyl/N-ethyl adjacent to an activating group) is 1. The fourth-order valence-electron chi connectivity index (χ4n) is 1.77. The van der Waals surface area contributed by atoms with Crippen molar-refractivity contribution in [3.8, 4) is 5.69 Å². The van der Waals surface area contributed by atoms with Crippen molar-refractivity contribution < 1.29 is 4.74 Å². The average Bonchev–Trinajstić information content (AvgIpc) is 2.87. The van der Waals surface area contributed by atoms with Gasteiger partial charge in [0.2, 0.25) is 0 Å². The molecule has 0 saturated carbocycles. The van der Waals surface area contributed by atoms with Crippen molar-refractivity contribution in [2.75, 3.05) is 20.8 Å². The van der Waals surface area contributed by atoms with Crippen molar-refractivity contribution in [3.05, 3.63) is 36.2 Å². The summed E-state index contributed by atoms with van der Waals surface area (Å²) in [4.78, 5) is 0. The van der Waals surface area contributed by atoms with E-state index in [9.17, 15) is 0 Å². The Bertz CT molecular complexity index is 470. The topological polar surface area (TPSA) is 64.9 Å². The molecule has 6 nitrogen and oxygen atoms in total. The smallest absolute Gasteiger partial charge is 0.158 e. The highest BCUT2D eigenvalue weighted by atomic mass is 16.5. The van der Waals surface area contributed by atoms with Crippen LogP contribution >= 0.6 is 0 Å². The Morgan fingerprint density at radius 3 is 2.78 bits per heavy atom. The number of rotatable bonds is 6. The third-order valence-electron chi connectivity index (χ3n) is 2.74. The van der Waals surface area contributed by atoms with Gasteiger partial charge in [-0.15, -0.1) is 5.10 Å². The van der Waals surface area contributed by atoms with Crippen molar-refractivity contribution in [1.82, 2.24) is 25.5 Å². The first-order valence-electron chi connectivity index (χ1n) is 5.84. The van der Waals surface area contributed by atoms with Gasteiger partial charge in [0.05, 0.1) is 12.3 Å². The monoisotopic (exact) mass is 247 g/mol. The first-order valence-corrected chi connectivity index (χ1v) is 5.84. The van der Waals surface area contributed by atoms with Crippen molar-refractivity contribution >= 4 is 0 Å². The lowest BCUT2D eigenvalue weighted by Gasteiger charge is -2.14. The van der Waals surface area contributed by atoms with Crippen LogP contribution in [-0.4, -0.2) is 47.0 Å². The minimum absolute atomic E-state index is 0.198. The normalized spacial score (nSPS) is 12.6. The summed E-state index contributed by atoms with van der Waals surface area (Å²) in [7, 11) is 3.59. The van der Waals surface area contributed by atoms with E-state index < -0.39 is 0 Å². The lowest BCUT2D eigenvalue weighted by molar-refractivity contribution is 0.168. The average molecular weight is 247 g/mol. The fraction of sp³-hybridized carbons (Fsp3) is 0.417. The SMILES string of the molecule is CNC(COC)Cc1nnnn1-c1ccccc1. The summed E-state index contributed by atoms with van der Waals surface area (Å²) in [6.07, 6.45) is 0.715. The van der Waals surface area contributed by atoms with Gasteiger partial charge >= 0.3 is 0 Å². The zero-order valence-corrected chi connectivity index (χ0v) is 10.6. The molecule has 0 aliphatic rings. The highest BCUT2D eigenvalue weighted by Gasteiger charge is 2.14. The summed E-state index contributed by atoms with van der Waals surface area (Å²) < 4.78 is 6.90. The highest BCUT2D eigenvalue weighted by molar-refractivity contribution is 5.30. The van der Waals surface area contributed by atoms with E-state index in [1.807, 2.05) is 37.4 Å². The lowest BCUT2D eigenvalue weighted by atomic mass is 10.2. The molecular formula is C12H17N5O. The third kappa shape index (κ3) is 2.91. The van der Waals surface area contributed by atoms with Crippen LogP contribution in [0.15, 0.2) is 30.3 Å². The van der Waals surface area contributed by atoms with E-state index in [0.29, 0.717) is 13.0 Å². The van der Waals surface area contributed by atoms with Crippen molar-refractivity contribution in [1.29, 1.82) is 0 Å². The molecule has 96 valence electrons. The lowest BCUT2D eigenvalue weighted by Crippen LogP contribution is -2.33. The Morgan fingerprint density at radius 2 is 2.11 bits per heavy atom. The molecule has 0 aliphatic heterocycles. The van der Waals surface area contributed by atoms with Crippen LogP contribution in [0.2, 0.25) is 0 Å².